The molecule has 0 spiro atoms. The lowest BCUT2D eigenvalue weighted by Gasteiger charge is -2.19. The van der Waals surface area contributed by atoms with Gasteiger partial charge in [-0.05, 0) is 76.4 Å². The molecule has 0 bridgehead atoms. The second kappa shape index (κ2) is 6.18. The van der Waals surface area contributed by atoms with Crippen LogP contribution in [0.1, 0.15) is 42.3 Å². The smallest absolute Gasteiger partial charge is 0.255 e. The average molecular weight is 393 g/mol. The Morgan fingerprint density at radius 2 is 1.67 bits per heavy atom. The van der Waals surface area contributed by atoms with Gasteiger partial charge in [0.2, 0.25) is 0 Å². The van der Waals surface area contributed by atoms with E-state index in [4.69, 9.17) is 0 Å². The van der Waals surface area contributed by atoms with Crippen LogP contribution >= 0.6 is 22.6 Å². The SMILES string of the molecule is Cc1cc(I)ccc1NC(=O)c1ccc(C(C)(C)C)cc1. The molecule has 0 heterocycles. The van der Waals surface area contributed by atoms with Crippen molar-refractivity contribution in [3.05, 3.63) is 62.7 Å². The Hall–Kier alpha value is -1.36. The number of carbonyl (C=O) groups excluding carboxylic acids is 1. The molecule has 0 fully saturated rings. The van der Waals surface area contributed by atoms with Crippen molar-refractivity contribution < 1.29 is 4.79 Å². The highest BCUT2D eigenvalue weighted by atomic mass is 127. The molecule has 0 saturated carbocycles. The Bertz CT molecular complexity index is 654. The van der Waals surface area contributed by atoms with Crippen LogP contribution in [0.4, 0.5) is 5.69 Å². The Labute approximate surface area is 140 Å². The average Bonchev–Trinajstić information content (AvgIpc) is 2.41. The minimum absolute atomic E-state index is 0.0697. The summed E-state index contributed by atoms with van der Waals surface area (Å²) in [6.45, 7) is 8.49. The molecule has 3 heteroatoms. The normalized spacial score (nSPS) is 11.3. The molecule has 0 unspecified atom stereocenters. The molecule has 0 aliphatic carbocycles. The van der Waals surface area contributed by atoms with Gasteiger partial charge < -0.3 is 5.32 Å². The van der Waals surface area contributed by atoms with Gasteiger partial charge in [0.15, 0.2) is 0 Å². The maximum Gasteiger partial charge on any atom is 0.255 e. The second-order valence-corrected chi connectivity index (χ2v) is 7.49. The van der Waals surface area contributed by atoms with Crippen molar-refractivity contribution >= 4 is 34.2 Å². The topological polar surface area (TPSA) is 29.1 Å². The molecule has 110 valence electrons. The van der Waals surface area contributed by atoms with E-state index in [-0.39, 0.29) is 11.3 Å². The molecule has 2 nitrogen and oxygen atoms in total. The number of halogens is 1. The zero-order valence-electron chi connectivity index (χ0n) is 12.8. The zero-order chi connectivity index (χ0) is 15.6. The first-order valence-corrected chi connectivity index (χ1v) is 8.03. The summed E-state index contributed by atoms with van der Waals surface area (Å²) < 4.78 is 1.16. The van der Waals surface area contributed by atoms with Gasteiger partial charge in [-0.1, -0.05) is 32.9 Å². The predicted molar refractivity (Wildman–Crippen MR) is 97.0 cm³/mol. The molecule has 2 rings (SSSR count). The van der Waals surface area contributed by atoms with Crippen LogP contribution in [0, 0.1) is 10.5 Å². The fourth-order valence-electron chi connectivity index (χ4n) is 2.08. The van der Waals surface area contributed by atoms with E-state index in [0.717, 1.165) is 14.8 Å². The van der Waals surface area contributed by atoms with E-state index in [2.05, 4.69) is 54.7 Å². The van der Waals surface area contributed by atoms with Crippen LogP contribution in [0.5, 0.6) is 0 Å². The third-order valence-corrected chi connectivity index (χ3v) is 4.12. The van der Waals surface area contributed by atoms with Gasteiger partial charge >= 0.3 is 0 Å². The molecule has 1 N–H and O–H groups in total. The summed E-state index contributed by atoms with van der Waals surface area (Å²) in [4.78, 5) is 12.3. The van der Waals surface area contributed by atoms with E-state index in [1.807, 2.05) is 43.3 Å². The fourth-order valence-corrected chi connectivity index (χ4v) is 2.73. The van der Waals surface area contributed by atoms with E-state index in [1.165, 1.54) is 5.56 Å². The van der Waals surface area contributed by atoms with Gasteiger partial charge in [-0.25, -0.2) is 0 Å². The molecule has 0 radical (unpaired) electrons. The summed E-state index contributed by atoms with van der Waals surface area (Å²) in [5.41, 5.74) is 3.94. The van der Waals surface area contributed by atoms with E-state index < -0.39 is 0 Å². The maximum atomic E-state index is 12.3. The summed E-state index contributed by atoms with van der Waals surface area (Å²) in [6, 6.07) is 13.8. The minimum atomic E-state index is -0.0697. The number of nitrogens with one attached hydrogen (secondary N) is 1. The fraction of sp³-hybridized carbons (Fsp3) is 0.278. The van der Waals surface area contributed by atoms with Crippen LogP contribution in [0.15, 0.2) is 42.5 Å². The van der Waals surface area contributed by atoms with Gasteiger partial charge in [-0.3, -0.25) is 4.79 Å². The van der Waals surface area contributed by atoms with Crippen molar-refractivity contribution in [1.29, 1.82) is 0 Å². The van der Waals surface area contributed by atoms with Crippen LogP contribution < -0.4 is 5.32 Å². The third kappa shape index (κ3) is 4.06. The first kappa shape index (κ1) is 16.0. The van der Waals surface area contributed by atoms with Gasteiger partial charge in [-0.2, -0.15) is 0 Å². The Morgan fingerprint density at radius 1 is 1.05 bits per heavy atom. The van der Waals surface area contributed by atoms with Crippen molar-refractivity contribution in [1.82, 2.24) is 0 Å². The van der Waals surface area contributed by atoms with Gasteiger partial charge in [0.1, 0.15) is 0 Å². The molecule has 0 aromatic heterocycles. The van der Waals surface area contributed by atoms with Crippen LogP contribution in [-0.4, -0.2) is 5.91 Å². The van der Waals surface area contributed by atoms with E-state index in [1.54, 1.807) is 0 Å². The number of rotatable bonds is 2. The molecule has 0 aliphatic heterocycles. The number of amides is 1. The molecular formula is C18H20INO. The Morgan fingerprint density at radius 3 is 2.19 bits per heavy atom. The highest BCUT2D eigenvalue weighted by molar-refractivity contribution is 14.1. The molecule has 0 saturated heterocycles. The number of hydrogen-bond acceptors (Lipinski definition) is 1. The second-order valence-electron chi connectivity index (χ2n) is 6.24. The minimum Gasteiger partial charge on any atom is -0.322 e. The number of anilines is 1. The van der Waals surface area contributed by atoms with E-state index in [9.17, 15) is 4.79 Å². The van der Waals surface area contributed by atoms with Crippen LogP contribution in [0.25, 0.3) is 0 Å². The highest BCUT2D eigenvalue weighted by Gasteiger charge is 2.14. The third-order valence-electron chi connectivity index (χ3n) is 3.45. The Balaban J connectivity index is 2.17. The van der Waals surface area contributed by atoms with Gasteiger partial charge in [-0.15, -0.1) is 0 Å². The van der Waals surface area contributed by atoms with Gasteiger partial charge in [0.25, 0.3) is 5.91 Å². The summed E-state index contributed by atoms with van der Waals surface area (Å²) in [5, 5.41) is 2.97. The summed E-state index contributed by atoms with van der Waals surface area (Å²) in [6.07, 6.45) is 0. The molecule has 1 amide bonds. The highest BCUT2D eigenvalue weighted by Crippen LogP contribution is 2.23. The largest absolute Gasteiger partial charge is 0.322 e. The van der Waals surface area contributed by atoms with Crippen molar-refractivity contribution in [3.8, 4) is 0 Å². The molecule has 21 heavy (non-hydrogen) atoms. The lowest BCUT2D eigenvalue weighted by molar-refractivity contribution is 0.102. The number of carbonyl (C=O) groups is 1. The number of benzene rings is 2. The van der Waals surface area contributed by atoms with Crippen LogP contribution in [-0.2, 0) is 5.41 Å². The molecular weight excluding hydrogens is 373 g/mol. The summed E-state index contributed by atoms with van der Waals surface area (Å²) >= 11 is 2.27. The van der Waals surface area contributed by atoms with Crippen molar-refractivity contribution in [2.24, 2.45) is 0 Å². The van der Waals surface area contributed by atoms with Crippen molar-refractivity contribution in [2.75, 3.05) is 5.32 Å². The quantitative estimate of drug-likeness (QED) is 0.703. The van der Waals surface area contributed by atoms with Crippen molar-refractivity contribution in [2.45, 2.75) is 33.1 Å². The molecule has 0 aliphatic rings. The number of aryl methyl sites for hydroxylation is 1. The molecule has 2 aromatic rings. The van der Waals surface area contributed by atoms with Gasteiger partial charge in [0.05, 0.1) is 0 Å². The molecule has 0 atom stereocenters. The van der Waals surface area contributed by atoms with E-state index in [0.29, 0.717) is 5.56 Å². The monoisotopic (exact) mass is 393 g/mol. The van der Waals surface area contributed by atoms with Crippen LogP contribution in [0.2, 0.25) is 0 Å². The first-order valence-electron chi connectivity index (χ1n) is 6.95. The van der Waals surface area contributed by atoms with Crippen LogP contribution in [0.3, 0.4) is 0 Å². The zero-order valence-corrected chi connectivity index (χ0v) is 15.0. The summed E-state index contributed by atoms with van der Waals surface area (Å²) in [7, 11) is 0. The number of hydrogen-bond donors (Lipinski definition) is 1. The Kier molecular flexibility index (Phi) is 4.71. The standard InChI is InChI=1S/C18H20INO/c1-12-11-15(19)9-10-16(12)20-17(21)13-5-7-14(8-6-13)18(2,3)4/h5-11H,1-4H3,(H,20,21). The maximum absolute atomic E-state index is 12.3. The lowest BCUT2D eigenvalue weighted by atomic mass is 9.87. The predicted octanol–water partition coefficient (Wildman–Crippen LogP) is 5.15. The van der Waals surface area contributed by atoms with E-state index >= 15 is 0 Å². The first-order chi connectivity index (χ1) is 9.77. The van der Waals surface area contributed by atoms with Gasteiger partial charge in [0, 0.05) is 14.8 Å². The van der Waals surface area contributed by atoms with Crippen molar-refractivity contribution in [3.63, 3.8) is 0 Å². The molecule has 2 aromatic carbocycles. The lowest BCUT2D eigenvalue weighted by Crippen LogP contribution is -2.14. The summed E-state index contributed by atoms with van der Waals surface area (Å²) in [5.74, 6) is -0.0697.